The van der Waals surface area contributed by atoms with Crippen molar-refractivity contribution in [3.05, 3.63) is 76.2 Å². The van der Waals surface area contributed by atoms with Gasteiger partial charge >= 0.3 is 0 Å². The summed E-state index contributed by atoms with van der Waals surface area (Å²) < 4.78 is 0.894. The number of rotatable bonds is 4. The second kappa shape index (κ2) is 7.44. The molecule has 1 heterocycles. The number of benzene rings is 2. The fourth-order valence-electron chi connectivity index (χ4n) is 2.38. The van der Waals surface area contributed by atoms with Gasteiger partial charge in [0, 0.05) is 21.9 Å². The highest BCUT2D eigenvalue weighted by Gasteiger charge is 2.11. The van der Waals surface area contributed by atoms with Crippen LogP contribution in [0.15, 0.2) is 59.1 Å². The van der Waals surface area contributed by atoms with Gasteiger partial charge in [-0.2, -0.15) is 0 Å². The van der Waals surface area contributed by atoms with Crippen molar-refractivity contribution in [2.75, 3.05) is 10.6 Å². The number of aryl methyl sites for hydroxylation is 2. The molecule has 1 aromatic heterocycles. The molecule has 5 nitrogen and oxygen atoms in total. The smallest absolute Gasteiger partial charge is 0.274 e. The highest BCUT2D eigenvalue weighted by atomic mass is 79.9. The van der Waals surface area contributed by atoms with Gasteiger partial charge in [0.25, 0.3) is 5.91 Å². The number of hydrogen-bond donors (Lipinski definition) is 2. The second-order valence-electron chi connectivity index (χ2n) is 5.64. The first kappa shape index (κ1) is 17.1. The van der Waals surface area contributed by atoms with E-state index in [0.29, 0.717) is 23.0 Å². The zero-order chi connectivity index (χ0) is 17.8. The minimum atomic E-state index is -0.282. The molecule has 0 aliphatic heterocycles. The summed E-state index contributed by atoms with van der Waals surface area (Å²) in [5, 5.41) is 6.05. The molecule has 2 aromatic carbocycles. The van der Waals surface area contributed by atoms with Crippen molar-refractivity contribution in [3.8, 4) is 0 Å². The average molecular weight is 397 g/mol. The molecule has 0 bridgehead atoms. The summed E-state index contributed by atoms with van der Waals surface area (Å²) in [5.74, 6) is 0.824. The van der Waals surface area contributed by atoms with Gasteiger partial charge in [0.1, 0.15) is 17.3 Å². The number of halogens is 1. The minimum absolute atomic E-state index is 0.282. The summed E-state index contributed by atoms with van der Waals surface area (Å²) in [6.45, 7) is 3.78. The van der Waals surface area contributed by atoms with Gasteiger partial charge in [-0.3, -0.25) is 4.79 Å². The monoisotopic (exact) mass is 396 g/mol. The van der Waals surface area contributed by atoms with Crippen LogP contribution in [0.3, 0.4) is 0 Å². The fraction of sp³-hybridized carbons (Fsp3) is 0.105. The van der Waals surface area contributed by atoms with E-state index in [0.717, 1.165) is 15.7 Å². The number of anilines is 3. The van der Waals surface area contributed by atoms with Crippen molar-refractivity contribution >= 4 is 39.0 Å². The van der Waals surface area contributed by atoms with E-state index in [4.69, 9.17) is 0 Å². The molecule has 2 N–H and O–H groups in total. The van der Waals surface area contributed by atoms with E-state index in [9.17, 15) is 4.79 Å². The molecule has 0 atom stereocenters. The maximum absolute atomic E-state index is 12.5. The van der Waals surface area contributed by atoms with Crippen molar-refractivity contribution in [2.45, 2.75) is 13.8 Å². The van der Waals surface area contributed by atoms with E-state index in [-0.39, 0.29) is 5.91 Å². The lowest BCUT2D eigenvalue weighted by Gasteiger charge is -2.10. The Bertz CT molecular complexity index is 927. The van der Waals surface area contributed by atoms with Crippen LogP contribution in [0.4, 0.5) is 17.2 Å². The van der Waals surface area contributed by atoms with Gasteiger partial charge in [-0.15, -0.1) is 0 Å². The molecule has 3 aromatic rings. The molecule has 0 aliphatic carbocycles. The van der Waals surface area contributed by atoms with Crippen LogP contribution in [0.25, 0.3) is 0 Å². The van der Waals surface area contributed by atoms with Gasteiger partial charge in [0.15, 0.2) is 0 Å². The highest BCUT2D eigenvalue weighted by molar-refractivity contribution is 9.10. The van der Waals surface area contributed by atoms with E-state index in [1.807, 2.05) is 55.5 Å². The number of hydrogen-bond acceptors (Lipinski definition) is 4. The van der Waals surface area contributed by atoms with Gasteiger partial charge in [-0.1, -0.05) is 34.1 Å². The molecule has 0 fully saturated rings. The molecule has 6 heteroatoms. The standard InChI is InChI=1S/C19H17BrN4O/c1-12-5-3-7-15(9-12)23-18-11-17(21-13(2)22-18)19(25)24-16-8-4-6-14(20)10-16/h3-11H,1-2H3,(H,24,25)(H,21,22,23). The maximum Gasteiger partial charge on any atom is 0.274 e. The van der Waals surface area contributed by atoms with Gasteiger partial charge in [-0.25, -0.2) is 9.97 Å². The van der Waals surface area contributed by atoms with E-state index >= 15 is 0 Å². The van der Waals surface area contributed by atoms with Crippen molar-refractivity contribution in [2.24, 2.45) is 0 Å². The first-order chi connectivity index (χ1) is 12.0. The topological polar surface area (TPSA) is 66.9 Å². The van der Waals surface area contributed by atoms with Gasteiger partial charge in [-0.05, 0) is 49.7 Å². The van der Waals surface area contributed by atoms with E-state index in [2.05, 4.69) is 36.5 Å². The van der Waals surface area contributed by atoms with E-state index < -0.39 is 0 Å². The van der Waals surface area contributed by atoms with Crippen LogP contribution in [-0.4, -0.2) is 15.9 Å². The number of carbonyl (C=O) groups excluding carboxylic acids is 1. The Morgan fingerprint density at radius 3 is 2.48 bits per heavy atom. The van der Waals surface area contributed by atoms with Gasteiger partial charge < -0.3 is 10.6 Å². The molecule has 126 valence electrons. The van der Waals surface area contributed by atoms with Gasteiger partial charge in [0.2, 0.25) is 0 Å². The Morgan fingerprint density at radius 1 is 0.960 bits per heavy atom. The zero-order valence-corrected chi connectivity index (χ0v) is 15.5. The third-order valence-electron chi connectivity index (χ3n) is 3.44. The van der Waals surface area contributed by atoms with E-state index in [1.54, 1.807) is 13.0 Å². The lowest BCUT2D eigenvalue weighted by Crippen LogP contribution is -2.15. The van der Waals surface area contributed by atoms with Crippen LogP contribution in [0.5, 0.6) is 0 Å². The Labute approximate surface area is 154 Å². The maximum atomic E-state index is 12.5. The van der Waals surface area contributed by atoms with Crippen molar-refractivity contribution in [3.63, 3.8) is 0 Å². The summed E-state index contributed by atoms with van der Waals surface area (Å²) in [6.07, 6.45) is 0. The Morgan fingerprint density at radius 2 is 1.72 bits per heavy atom. The molecule has 0 unspecified atom stereocenters. The van der Waals surface area contributed by atoms with Crippen LogP contribution < -0.4 is 10.6 Å². The molecule has 0 saturated heterocycles. The average Bonchev–Trinajstić information content (AvgIpc) is 2.54. The molecular weight excluding hydrogens is 380 g/mol. The van der Waals surface area contributed by atoms with Crippen LogP contribution >= 0.6 is 15.9 Å². The van der Waals surface area contributed by atoms with Crippen LogP contribution in [0.2, 0.25) is 0 Å². The molecule has 1 amide bonds. The van der Waals surface area contributed by atoms with Crippen LogP contribution in [0, 0.1) is 13.8 Å². The van der Waals surface area contributed by atoms with Crippen LogP contribution in [-0.2, 0) is 0 Å². The first-order valence-electron chi connectivity index (χ1n) is 7.76. The summed E-state index contributed by atoms with van der Waals surface area (Å²) in [5.41, 5.74) is 3.06. The molecule has 0 radical (unpaired) electrons. The fourth-order valence-corrected chi connectivity index (χ4v) is 2.78. The zero-order valence-electron chi connectivity index (χ0n) is 13.9. The minimum Gasteiger partial charge on any atom is -0.340 e. The molecule has 25 heavy (non-hydrogen) atoms. The lowest BCUT2D eigenvalue weighted by molar-refractivity contribution is 0.102. The first-order valence-corrected chi connectivity index (χ1v) is 8.55. The molecular formula is C19H17BrN4O. The molecule has 0 aliphatic rings. The molecule has 0 spiro atoms. The largest absolute Gasteiger partial charge is 0.340 e. The SMILES string of the molecule is Cc1cccc(Nc2cc(C(=O)Nc3cccc(Br)c3)nc(C)n2)c1. The Hall–Kier alpha value is -2.73. The quantitative estimate of drug-likeness (QED) is 0.661. The number of amides is 1. The highest BCUT2D eigenvalue weighted by Crippen LogP contribution is 2.19. The normalized spacial score (nSPS) is 10.4. The third kappa shape index (κ3) is 4.64. The van der Waals surface area contributed by atoms with Gasteiger partial charge in [0.05, 0.1) is 0 Å². The number of nitrogens with one attached hydrogen (secondary N) is 2. The van der Waals surface area contributed by atoms with Crippen LogP contribution in [0.1, 0.15) is 21.9 Å². The second-order valence-corrected chi connectivity index (χ2v) is 6.56. The molecule has 3 rings (SSSR count). The lowest BCUT2D eigenvalue weighted by atomic mass is 10.2. The number of aromatic nitrogens is 2. The van der Waals surface area contributed by atoms with Crippen molar-refractivity contribution < 1.29 is 4.79 Å². The summed E-state index contributed by atoms with van der Waals surface area (Å²) in [6, 6.07) is 17.0. The summed E-state index contributed by atoms with van der Waals surface area (Å²) in [7, 11) is 0. The summed E-state index contributed by atoms with van der Waals surface area (Å²) >= 11 is 3.39. The predicted octanol–water partition coefficient (Wildman–Crippen LogP) is 4.85. The number of carbonyl (C=O) groups is 1. The third-order valence-corrected chi connectivity index (χ3v) is 3.94. The molecule has 0 saturated carbocycles. The van der Waals surface area contributed by atoms with Crippen molar-refractivity contribution in [1.82, 2.24) is 9.97 Å². The number of nitrogens with zero attached hydrogens (tertiary/aromatic N) is 2. The Balaban J connectivity index is 1.82. The van der Waals surface area contributed by atoms with Crippen molar-refractivity contribution in [1.29, 1.82) is 0 Å². The Kier molecular flexibility index (Phi) is 5.09. The van der Waals surface area contributed by atoms with E-state index in [1.165, 1.54) is 0 Å². The predicted molar refractivity (Wildman–Crippen MR) is 103 cm³/mol. The summed E-state index contributed by atoms with van der Waals surface area (Å²) in [4.78, 5) is 21.1.